The number of nitrogens with two attached hydrogens (primary N) is 1. The van der Waals surface area contributed by atoms with Gasteiger partial charge in [-0.2, -0.15) is 0 Å². The van der Waals surface area contributed by atoms with Crippen molar-refractivity contribution >= 4 is 0 Å². The van der Waals surface area contributed by atoms with Crippen LogP contribution in [-0.2, 0) is 0 Å². The molecule has 0 aliphatic heterocycles. The third-order valence-corrected chi connectivity index (χ3v) is 3.95. The van der Waals surface area contributed by atoms with Crippen LogP contribution >= 0.6 is 0 Å². The molecule has 0 amide bonds. The van der Waals surface area contributed by atoms with E-state index in [1.165, 1.54) is 25.7 Å². The van der Waals surface area contributed by atoms with E-state index in [1.807, 2.05) is 0 Å². The molecule has 1 nitrogen and oxygen atoms in total. The molecule has 14 heavy (non-hydrogen) atoms. The smallest absolute Gasteiger partial charge is 0.00673 e. The third kappa shape index (κ3) is 2.73. The van der Waals surface area contributed by atoms with Crippen molar-refractivity contribution in [3.63, 3.8) is 0 Å². The predicted octanol–water partition coefficient (Wildman–Crippen LogP) is 3.58. The van der Waals surface area contributed by atoms with E-state index in [1.54, 1.807) is 0 Å². The molecule has 0 heterocycles. The molecule has 1 heteroatoms. The molecule has 84 valence electrons. The monoisotopic (exact) mass is 197 g/mol. The van der Waals surface area contributed by atoms with Crippen LogP contribution in [0.1, 0.15) is 59.8 Å². The quantitative estimate of drug-likeness (QED) is 0.719. The molecule has 0 aromatic heterocycles. The first-order valence-corrected chi connectivity index (χ1v) is 6.22. The fourth-order valence-corrected chi connectivity index (χ4v) is 3.05. The summed E-state index contributed by atoms with van der Waals surface area (Å²) in [5.41, 5.74) is 6.68. The molecule has 3 unspecified atom stereocenters. The van der Waals surface area contributed by atoms with Gasteiger partial charge in [0.2, 0.25) is 0 Å². The summed E-state index contributed by atoms with van der Waals surface area (Å²) in [5, 5.41) is 0. The molecule has 3 atom stereocenters. The molecule has 0 radical (unpaired) electrons. The highest BCUT2D eigenvalue weighted by molar-refractivity contribution is 4.88. The van der Waals surface area contributed by atoms with E-state index < -0.39 is 0 Å². The molecule has 0 spiro atoms. The minimum atomic E-state index is 0.430. The van der Waals surface area contributed by atoms with Gasteiger partial charge in [0, 0.05) is 6.04 Å². The van der Waals surface area contributed by atoms with E-state index in [-0.39, 0.29) is 0 Å². The van der Waals surface area contributed by atoms with Crippen LogP contribution in [0.2, 0.25) is 0 Å². The lowest BCUT2D eigenvalue weighted by Gasteiger charge is -2.43. The molecular weight excluding hydrogens is 170 g/mol. The van der Waals surface area contributed by atoms with Crippen molar-refractivity contribution in [2.45, 2.75) is 65.8 Å². The predicted molar refractivity (Wildman–Crippen MR) is 63.2 cm³/mol. The highest BCUT2D eigenvalue weighted by Crippen LogP contribution is 2.43. The molecule has 1 rings (SSSR count). The normalized spacial score (nSPS) is 31.5. The Bertz CT molecular complexity index is 169. The minimum absolute atomic E-state index is 0.430. The van der Waals surface area contributed by atoms with Gasteiger partial charge in [0.1, 0.15) is 0 Å². The van der Waals surface area contributed by atoms with E-state index in [9.17, 15) is 0 Å². The summed E-state index contributed by atoms with van der Waals surface area (Å²) in [5.74, 6) is 1.61. The first-order valence-electron chi connectivity index (χ1n) is 6.22. The van der Waals surface area contributed by atoms with Gasteiger partial charge in [-0.1, -0.05) is 40.5 Å². The topological polar surface area (TPSA) is 26.0 Å². The second-order valence-electron chi connectivity index (χ2n) is 5.99. The van der Waals surface area contributed by atoms with Crippen LogP contribution in [0, 0.1) is 17.3 Å². The third-order valence-electron chi connectivity index (χ3n) is 3.95. The first kappa shape index (κ1) is 12.0. The van der Waals surface area contributed by atoms with Gasteiger partial charge in [0.15, 0.2) is 0 Å². The maximum absolute atomic E-state index is 6.23. The fourth-order valence-electron chi connectivity index (χ4n) is 3.05. The summed E-state index contributed by atoms with van der Waals surface area (Å²) < 4.78 is 0. The molecule has 1 aliphatic carbocycles. The molecule has 2 N–H and O–H groups in total. The fraction of sp³-hybridized carbons (Fsp3) is 1.00. The first-order chi connectivity index (χ1) is 6.46. The van der Waals surface area contributed by atoms with Gasteiger partial charge < -0.3 is 5.73 Å². The summed E-state index contributed by atoms with van der Waals surface area (Å²) in [4.78, 5) is 0. The van der Waals surface area contributed by atoms with Gasteiger partial charge in [0.25, 0.3) is 0 Å². The lowest BCUT2D eigenvalue weighted by molar-refractivity contribution is 0.0885. The summed E-state index contributed by atoms with van der Waals surface area (Å²) in [6.07, 6.45) is 6.69. The summed E-state index contributed by atoms with van der Waals surface area (Å²) >= 11 is 0. The number of hydrogen-bond donors (Lipinski definition) is 1. The SMILES string of the molecule is CCC(N)C1CCCCC1C(C)(C)C. The van der Waals surface area contributed by atoms with E-state index in [0.717, 1.165) is 18.3 Å². The van der Waals surface area contributed by atoms with Gasteiger partial charge in [-0.15, -0.1) is 0 Å². The lowest BCUT2D eigenvalue weighted by atomic mass is 9.64. The summed E-state index contributed by atoms with van der Waals surface area (Å²) in [6, 6.07) is 0.430. The summed E-state index contributed by atoms with van der Waals surface area (Å²) in [7, 11) is 0. The van der Waals surface area contributed by atoms with Gasteiger partial charge >= 0.3 is 0 Å². The standard InChI is InChI=1S/C13H27N/c1-5-12(14)10-8-6-7-9-11(10)13(2,3)4/h10-12H,5-9,14H2,1-4H3. The molecule has 0 saturated heterocycles. The van der Waals surface area contributed by atoms with Crippen molar-refractivity contribution in [1.29, 1.82) is 0 Å². The second kappa shape index (κ2) is 4.65. The zero-order valence-electron chi connectivity index (χ0n) is 10.3. The average molecular weight is 197 g/mol. The van der Waals surface area contributed by atoms with Crippen LogP contribution in [0.5, 0.6) is 0 Å². The Balaban J connectivity index is 2.69. The zero-order chi connectivity index (χ0) is 10.8. The van der Waals surface area contributed by atoms with Gasteiger partial charge in [-0.25, -0.2) is 0 Å². The molecule has 0 aromatic carbocycles. The lowest BCUT2D eigenvalue weighted by Crippen LogP contribution is -2.41. The van der Waals surface area contributed by atoms with Crippen molar-refractivity contribution in [2.24, 2.45) is 23.0 Å². The zero-order valence-corrected chi connectivity index (χ0v) is 10.3. The molecule has 1 fully saturated rings. The highest BCUT2D eigenvalue weighted by Gasteiger charge is 2.36. The molecule has 0 aromatic rings. The van der Waals surface area contributed by atoms with E-state index in [4.69, 9.17) is 5.73 Å². The average Bonchev–Trinajstić information content (AvgIpc) is 2.15. The van der Waals surface area contributed by atoms with E-state index in [2.05, 4.69) is 27.7 Å². The molecular formula is C13H27N. The Labute approximate surface area is 89.5 Å². The van der Waals surface area contributed by atoms with Crippen molar-refractivity contribution in [1.82, 2.24) is 0 Å². The summed E-state index contributed by atoms with van der Waals surface area (Å²) in [6.45, 7) is 9.34. The number of hydrogen-bond acceptors (Lipinski definition) is 1. The van der Waals surface area contributed by atoms with Crippen molar-refractivity contribution in [3.05, 3.63) is 0 Å². The highest BCUT2D eigenvalue weighted by atomic mass is 14.7. The molecule has 1 aliphatic rings. The van der Waals surface area contributed by atoms with E-state index in [0.29, 0.717) is 11.5 Å². The Morgan fingerprint density at radius 1 is 1.21 bits per heavy atom. The maximum atomic E-state index is 6.23. The minimum Gasteiger partial charge on any atom is -0.327 e. The van der Waals surface area contributed by atoms with Gasteiger partial charge in [-0.3, -0.25) is 0 Å². The Morgan fingerprint density at radius 2 is 1.79 bits per heavy atom. The molecule has 1 saturated carbocycles. The van der Waals surface area contributed by atoms with Crippen molar-refractivity contribution < 1.29 is 0 Å². The Hall–Kier alpha value is -0.0400. The van der Waals surface area contributed by atoms with Crippen molar-refractivity contribution in [2.75, 3.05) is 0 Å². The Kier molecular flexibility index (Phi) is 4.00. The molecule has 0 bridgehead atoms. The van der Waals surface area contributed by atoms with Crippen molar-refractivity contribution in [3.8, 4) is 0 Å². The number of rotatable bonds is 2. The van der Waals surface area contributed by atoms with Crippen LogP contribution in [-0.4, -0.2) is 6.04 Å². The second-order valence-corrected chi connectivity index (χ2v) is 5.99. The Morgan fingerprint density at radius 3 is 2.29 bits per heavy atom. The van der Waals surface area contributed by atoms with Crippen LogP contribution in [0.15, 0.2) is 0 Å². The largest absolute Gasteiger partial charge is 0.327 e. The van der Waals surface area contributed by atoms with Gasteiger partial charge in [-0.05, 0) is 36.5 Å². The van der Waals surface area contributed by atoms with Crippen LogP contribution in [0.25, 0.3) is 0 Å². The maximum Gasteiger partial charge on any atom is 0.00673 e. The van der Waals surface area contributed by atoms with Crippen LogP contribution in [0.4, 0.5) is 0 Å². The van der Waals surface area contributed by atoms with E-state index >= 15 is 0 Å². The van der Waals surface area contributed by atoms with Crippen LogP contribution in [0.3, 0.4) is 0 Å². The van der Waals surface area contributed by atoms with Crippen LogP contribution < -0.4 is 5.73 Å². The van der Waals surface area contributed by atoms with Gasteiger partial charge in [0.05, 0.1) is 0 Å².